The number of rotatable bonds is 2. The average Bonchev–Trinajstić information content (AvgIpc) is 2.73. The van der Waals surface area contributed by atoms with E-state index in [2.05, 4.69) is 9.97 Å². The molecular formula is C20H17ClN4O2. The first-order valence-corrected chi connectivity index (χ1v) is 9.05. The van der Waals surface area contributed by atoms with E-state index in [0.717, 1.165) is 5.39 Å². The van der Waals surface area contributed by atoms with Gasteiger partial charge in [-0.25, -0.2) is 0 Å². The first-order valence-electron chi connectivity index (χ1n) is 8.67. The Kier molecular flexibility index (Phi) is 4.73. The van der Waals surface area contributed by atoms with Crippen molar-refractivity contribution in [3.05, 3.63) is 71.1 Å². The van der Waals surface area contributed by atoms with E-state index in [1.165, 1.54) is 0 Å². The first kappa shape index (κ1) is 17.4. The Morgan fingerprint density at radius 3 is 2.26 bits per heavy atom. The van der Waals surface area contributed by atoms with E-state index in [0.29, 0.717) is 48.0 Å². The van der Waals surface area contributed by atoms with Gasteiger partial charge in [-0.15, -0.1) is 0 Å². The molecule has 0 aliphatic carbocycles. The summed E-state index contributed by atoms with van der Waals surface area (Å²) in [6, 6.07) is 12.4. The first-order chi connectivity index (χ1) is 13.1. The lowest BCUT2D eigenvalue weighted by atomic mass is 10.1. The number of benzene rings is 1. The second-order valence-electron chi connectivity index (χ2n) is 6.33. The molecule has 1 aromatic carbocycles. The lowest BCUT2D eigenvalue weighted by Crippen LogP contribution is -2.50. The zero-order valence-corrected chi connectivity index (χ0v) is 15.3. The van der Waals surface area contributed by atoms with Crippen LogP contribution < -0.4 is 0 Å². The number of fused-ring (bicyclic) bond motifs is 1. The molecule has 4 rings (SSSR count). The van der Waals surface area contributed by atoms with Crippen molar-refractivity contribution in [2.24, 2.45) is 0 Å². The van der Waals surface area contributed by atoms with Gasteiger partial charge in [0.25, 0.3) is 11.8 Å². The lowest BCUT2D eigenvalue weighted by molar-refractivity contribution is 0.0533. The van der Waals surface area contributed by atoms with Gasteiger partial charge in [0.05, 0.1) is 11.1 Å². The molecule has 1 aliphatic heterocycles. The van der Waals surface area contributed by atoms with Crippen LogP contribution >= 0.6 is 11.6 Å². The Bertz CT molecular complexity index is 1000. The van der Waals surface area contributed by atoms with Crippen molar-refractivity contribution in [2.75, 3.05) is 26.2 Å². The van der Waals surface area contributed by atoms with E-state index in [1.807, 2.05) is 12.1 Å². The number of amides is 2. The van der Waals surface area contributed by atoms with E-state index in [4.69, 9.17) is 11.6 Å². The molecule has 1 fully saturated rings. The monoisotopic (exact) mass is 380 g/mol. The summed E-state index contributed by atoms with van der Waals surface area (Å²) in [5, 5.41) is 1.33. The number of pyridine rings is 2. The highest BCUT2D eigenvalue weighted by atomic mass is 35.5. The molecule has 1 saturated heterocycles. The molecule has 0 saturated carbocycles. The third-order valence-electron chi connectivity index (χ3n) is 4.64. The van der Waals surface area contributed by atoms with Gasteiger partial charge in [0.15, 0.2) is 0 Å². The van der Waals surface area contributed by atoms with Crippen LogP contribution in [0.25, 0.3) is 10.9 Å². The SMILES string of the molecule is O=C(c1ccccn1)N1CCN(C(=O)c2cc(Cl)cc3cccnc23)CC1. The van der Waals surface area contributed by atoms with Gasteiger partial charge in [-0.1, -0.05) is 23.7 Å². The van der Waals surface area contributed by atoms with Gasteiger partial charge in [-0.05, 0) is 30.3 Å². The summed E-state index contributed by atoms with van der Waals surface area (Å²) in [5.41, 5.74) is 1.55. The topological polar surface area (TPSA) is 66.4 Å². The molecule has 1 aliphatic rings. The van der Waals surface area contributed by atoms with Gasteiger partial charge in [0.2, 0.25) is 0 Å². The van der Waals surface area contributed by atoms with E-state index in [9.17, 15) is 9.59 Å². The maximum Gasteiger partial charge on any atom is 0.272 e. The van der Waals surface area contributed by atoms with Crippen LogP contribution in [0.15, 0.2) is 54.9 Å². The Morgan fingerprint density at radius 1 is 0.852 bits per heavy atom. The Balaban J connectivity index is 1.50. The normalized spacial score (nSPS) is 14.4. The number of hydrogen-bond donors (Lipinski definition) is 0. The standard InChI is InChI=1S/C20H17ClN4O2/c21-15-12-14-4-3-7-23-18(14)16(13-15)19(26)24-8-10-25(11-9-24)20(27)17-5-1-2-6-22-17/h1-7,12-13H,8-11H2. The molecule has 0 atom stereocenters. The van der Waals surface area contributed by atoms with Gasteiger partial charge < -0.3 is 9.80 Å². The maximum absolute atomic E-state index is 13.0. The van der Waals surface area contributed by atoms with Crippen molar-refractivity contribution >= 4 is 34.3 Å². The molecule has 136 valence electrons. The zero-order chi connectivity index (χ0) is 18.8. The molecule has 0 radical (unpaired) electrons. The second-order valence-corrected chi connectivity index (χ2v) is 6.76. The molecule has 0 spiro atoms. The third-order valence-corrected chi connectivity index (χ3v) is 4.86. The van der Waals surface area contributed by atoms with E-state index in [-0.39, 0.29) is 11.8 Å². The van der Waals surface area contributed by atoms with Gasteiger partial charge >= 0.3 is 0 Å². The molecule has 7 heteroatoms. The van der Waals surface area contributed by atoms with Crippen molar-refractivity contribution < 1.29 is 9.59 Å². The molecule has 0 bridgehead atoms. The van der Waals surface area contributed by atoms with Crippen LogP contribution in [0.4, 0.5) is 0 Å². The number of hydrogen-bond acceptors (Lipinski definition) is 4. The third kappa shape index (κ3) is 3.48. The second kappa shape index (κ2) is 7.32. The molecule has 0 N–H and O–H groups in total. The molecule has 6 nitrogen and oxygen atoms in total. The summed E-state index contributed by atoms with van der Waals surface area (Å²) < 4.78 is 0. The number of piperazine rings is 1. The fraction of sp³-hybridized carbons (Fsp3) is 0.200. The van der Waals surface area contributed by atoms with Crippen molar-refractivity contribution in [1.82, 2.24) is 19.8 Å². The molecule has 2 amide bonds. The van der Waals surface area contributed by atoms with E-state index < -0.39 is 0 Å². The summed E-state index contributed by atoms with van der Waals surface area (Å²) in [6.07, 6.45) is 3.26. The number of carbonyl (C=O) groups excluding carboxylic acids is 2. The van der Waals surface area contributed by atoms with E-state index in [1.54, 1.807) is 52.5 Å². The van der Waals surface area contributed by atoms with Crippen LogP contribution in [-0.4, -0.2) is 57.8 Å². The smallest absolute Gasteiger partial charge is 0.272 e. The molecule has 2 aromatic heterocycles. The van der Waals surface area contributed by atoms with Gasteiger partial charge in [0.1, 0.15) is 5.69 Å². The van der Waals surface area contributed by atoms with Crippen LogP contribution in [0.2, 0.25) is 5.02 Å². The molecule has 3 aromatic rings. The van der Waals surface area contributed by atoms with Crippen LogP contribution in [0, 0.1) is 0 Å². The van der Waals surface area contributed by atoms with Crippen LogP contribution in [0.3, 0.4) is 0 Å². The minimum atomic E-state index is -0.119. The van der Waals surface area contributed by atoms with Crippen LogP contribution in [0.1, 0.15) is 20.8 Å². The van der Waals surface area contributed by atoms with Gasteiger partial charge in [-0.3, -0.25) is 19.6 Å². The molecule has 0 unspecified atom stereocenters. The number of aromatic nitrogens is 2. The van der Waals surface area contributed by atoms with Crippen LogP contribution in [0.5, 0.6) is 0 Å². The minimum absolute atomic E-state index is 0.113. The zero-order valence-electron chi connectivity index (χ0n) is 14.5. The minimum Gasteiger partial charge on any atom is -0.335 e. The quantitative estimate of drug-likeness (QED) is 0.685. The summed E-state index contributed by atoms with van der Waals surface area (Å²) in [4.78, 5) is 37.4. The number of nitrogens with zero attached hydrogens (tertiary/aromatic N) is 4. The van der Waals surface area contributed by atoms with Crippen LogP contribution in [-0.2, 0) is 0 Å². The fourth-order valence-electron chi connectivity index (χ4n) is 3.25. The van der Waals surface area contributed by atoms with Gasteiger partial charge in [-0.2, -0.15) is 0 Å². The largest absolute Gasteiger partial charge is 0.335 e. The summed E-state index contributed by atoms with van der Waals surface area (Å²) in [7, 11) is 0. The highest BCUT2D eigenvalue weighted by molar-refractivity contribution is 6.32. The predicted molar refractivity (Wildman–Crippen MR) is 103 cm³/mol. The summed E-state index contributed by atoms with van der Waals surface area (Å²) >= 11 is 6.18. The predicted octanol–water partition coefficient (Wildman–Crippen LogP) is 2.88. The van der Waals surface area contributed by atoms with Crippen molar-refractivity contribution in [3.8, 4) is 0 Å². The van der Waals surface area contributed by atoms with E-state index >= 15 is 0 Å². The number of carbonyl (C=O) groups is 2. The summed E-state index contributed by atoms with van der Waals surface area (Å²) in [5.74, 6) is -0.233. The maximum atomic E-state index is 13.0. The van der Waals surface area contributed by atoms with Crippen molar-refractivity contribution in [1.29, 1.82) is 0 Å². The summed E-state index contributed by atoms with van der Waals surface area (Å²) in [6.45, 7) is 1.84. The molecule has 3 heterocycles. The fourth-order valence-corrected chi connectivity index (χ4v) is 3.48. The number of halogens is 1. The Morgan fingerprint density at radius 2 is 1.56 bits per heavy atom. The lowest BCUT2D eigenvalue weighted by Gasteiger charge is -2.34. The average molecular weight is 381 g/mol. The van der Waals surface area contributed by atoms with Crippen molar-refractivity contribution in [2.45, 2.75) is 0 Å². The molecular weight excluding hydrogens is 364 g/mol. The highest BCUT2D eigenvalue weighted by Gasteiger charge is 2.27. The highest BCUT2D eigenvalue weighted by Crippen LogP contribution is 2.24. The Labute approximate surface area is 161 Å². The Hall–Kier alpha value is -2.99. The molecule has 27 heavy (non-hydrogen) atoms. The van der Waals surface area contributed by atoms with Crippen molar-refractivity contribution in [3.63, 3.8) is 0 Å². The van der Waals surface area contributed by atoms with Gasteiger partial charge in [0, 0.05) is 49.0 Å².